The van der Waals surface area contributed by atoms with Gasteiger partial charge in [-0.1, -0.05) is 11.6 Å². The molecule has 5 nitrogen and oxygen atoms in total. The molecule has 1 amide bonds. The topological polar surface area (TPSA) is 66.8 Å². The van der Waals surface area contributed by atoms with Crippen molar-refractivity contribution in [3.8, 4) is 0 Å². The van der Waals surface area contributed by atoms with Crippen LogP contribution in [0.15, 0.2) is 18.2 Å². The number of hydrogen-bond donors (Lipinski definition) is 1. The van der Waals surface area contributed by atoms with Crippen molar-refractivity contribution in [2.24, 2.45) is 0 Å². The second-order valence-corrected chi connectivity index (χ2v) is 4.82. The van der Waals surface area contributed by atoms with Gasteiger partial charge in [-0.3, -0.25) is 4.79 Å². The highest BCUT2D eigenvalue weighted by molar-refractivity contribution is 6.31. The second kappa shape index (κ2) is 5.59. The standard InChI is InChI=1S/C13H14ClNO4/c1-8-6-9(2-3-10(8)14)12(16)15-4-5-19-11(7-15)13(17)18/h2-3,6,11H,4-5,7H2,1H3,(H,17,18). The first-order chi connectivity index (χ1) is 8.99. The largest absolute Gasteiger partial charge is 0.479 e. The molecule has 0 saturated carbocycles. The molecule has 6 heteroatoms. The molecule has 2 rings (SSSR count). The van der Waals surface area contributed by atoms with Crippen LogP contribution in [0.5, 0.6) is 0 Å². The Kier molecular flexibility index (Phi) is 4.07. The number of morpholine rings is 1. The van der Waals surface area contributed by atoms with Gasteiger partial charge < -0.3 is 14.7 Å². The van der Waals surface area contributed by atoms with Crippen LogP contribution in [0.2, 0.25) is 5.02 Å². The van der Waals surface area contributed by atoms with Crippen LogP contribution >= 0.6 is 11.6 Å². The zero-order valence-electron chi connectivity index (χ0n) is 10.4. The molecule has 0 aliphatic carbocycles. The van der Waals surface area contributed by atoms with E-state index in [1.165, 1.54) is 4.90 Å². The normalized spacial score (nSPS) is 19.3. The maximum Gasteiger partial charge on any atom is 0.334 e. The molecule has 1 heterocycles. The monoisotopic (exact) mass is 283 g/mol. The van der Waals surface area contributed by atoms with Crippen LogP contribution < -0.4 is 0 Å². The van der Waals surface area contributed by atoms with Crippen LogP contribution in [0.4, 0.5) is 0 Å². The molecule has 0 spiro atoms. The lowest BCUT2D eigenvalue weighted by molar-refractivity contribution is -0.154. The quantitative estimate of drug-likeness (QED) is 0.895. The predicted octanol–water partition coefficient (Wildman–Crippen LogP) is 1.57. The highest BCUT2D eigenvalue weighted by Crippen LogP contribution is 2.18. The van der Waals surface area contributed by atoms with E-state index in [9.17, 15) is 9.59 Å². The van der Waals surface area contributed by atoms with Crippen molar-refractivity contribution in [1.82, 2.24) is 4.90 Å². The first kappa shape index (κ1) is 13.8. The van der Waals surface area contributed by atoms with E-state index < -0.39 is 12.1 Å². The maximum absolute atomic E-state index is 12.3. The molecule has 0 radical (unpaired) electrons. The van der Waals surface area contributed by atoms with Crippen molar-refractivity contribution in [3.63, 3.8) is 0 Å². The highest BCUT2D eigenvalue weighted by Gasteiger charge is 2.29. The van der Waals surface area contributed by atoms with E-state index in [-0.39, 0.29) is 19.1 Å². The summed E-state index contributed by atoms with van der Waals surface area (Å²) in [5, 5.41) is 9.51. The lowest BCUT2D eigenvalue weighted by Gasteiger charge is -2.31. The van der Waals surface area contributed by atoms with Gasteiger partial charge in [0.05, 0.1) is 13.2 Å². The average molecular weight is 284 g/mol. The van der Waals surface area contributed by atoms with E-state index in [1.54, 1.807) is 18.2 Å². The lowest BCUT2D eigenvalue weighted by Crippen LogP contribution is -2.48. The third-order valence-electron chi connectivity index (χ3n) is 3.03. The number of amides is 1. The van der Waals surface area contributed by atoms with Crippen LogP contribution in [-0.4, -0.2) is 47.7 Å². The summed E-state index contributed by atoms with van der Waals surface area (Å²) in [4.78, 5) is 24.6. The third-order valence-corrected chi connectivity index (χ3v) is 3.46. The maximum atomic E-state index is 12.3. The average Bonchev–Trinajstić information content (AvgIpc) is 2.41. The Labute approximate surface area is 115 Å². The Morgan fingerprint density at radius 1 is 1.47 bits per heavy atom. The summed E-state index contributed by atoms with van der Waals surface area (Å²) in [5.41, 5.74) is 1.32. The zero-order chi connectivity index (χ0) is 14.0. The van der Waals surface area contributed by atoms with Gasteiger partial charge in [-0.2, -0.15) is 0 Å². The molecule has 1 saturated heterocycles. The SMILES string of the molecule is Cc1cc(C(=O)N2CCOC(C(=O)O)C2)ccc1Cl. The fourth-order valence-electron chi connectivity index (χ4n) is 1.94. The first-order valence-electron chi connectivity index (χ1n) is 5.89. The van der Waals surface area contributed by atoms with Crippen molar-refractivity contribution >= 4 is 23.5 Å². The summed E-state index contributed by atoms with van der Waals surface area (Å²) in [7, 11) is 0. The van der Waals surface area contributed by atoms with Crippen LogP contribution in [0.25, 0.3) is 0 Å². The highest BCUT2D eigenvalue weighted by atomic mass is 35.5. The van der Waals surface area contributed by atoms with Gasteiger partial charge >= 0.3 is 5.97 Å². The van der Waals surface area contributed by atoms with Crippen molar-refractivity contribution in [2.45, 2.75) is 13.0 Å². The minimum absolute atomic E-state index is 0.0653. The molecule has 1 unspecified atom stereocenters. The van der Waals surface area contributed by atoms with Gasteiger partial charge in [-0.05, 0) is 30.7 Å². The number of halogens is 1. The van der Waals surface area contributed by atoms with E-state index in [0.717, 1.165) is 5.56 Å². The summed E-state index contributed by atoms with van der Waals surface area (Å²) in [6.07, 6.45) is -0.953. The summed E-state index contributed by atoms with van der Waals surface area (Å²) >= 11 is 5.91. The summed E-state index contributed by atoms with van der Waals surface area (Å²) < 4.78 is 5.08. The van der Waals surface area contributed by atoms with E-state index in [2.05, 4.69) is 0 Å². The molecule has 102 valence electrons. The van der Waals surface area contributed by atoms with E-state index in [4.69, 9.17) is 21.4 Å². The fourth-order valence-corrected chi connectivity index (χ4v) is 2.06. The number of ether oxygens (including phenoxy) is 1. The Morgan fingerprint density at radius 3 is 2.84 bits per heavy atom. The van der Waals surface area contributed by atoms with Crippen molar-refractivity contribution in [2.75, 3.05) is 19.7 Å². The summed E-state index contributed by atoms with van der Waals surface area (Å²) in [6, 6.07) is 5.01. The minimum Gasteiger partial charge on any atom is -0.479 e. The van der Waals surface area contributed by atoms with Crippen LogP contribution in [0.3, 0.4) is 0 Å². The Hall–Kier alpha value is -1.59. The number of aliphatic carboxylic acids is 1. The molecule has 19 heavy (non-hydrogen) atoms. The third kappa shape index (κ3) is 3.05. The van der Waals surface area contributed by atoms with Crippen molar-refractivity contribution in [1.29, 1.82) is 0 Å². The molecule has 0 bridgehead atoms. The Balaban J connectivity index is 2.14. The smallest absolute Gasteiger partial charge is 0.334 e. The summed E-state index contributed by atoms with van der Waals surface area (Å²) in [5.74, 6) is -1.25. The number of carboxylic acids is 1. The molecule has 1 fully saturated rings. The number of carbonyl (C=O) groups is 2. The van der Waals surface area contributed by atoms with Gasteiger partial charge in [0.2, 0.25) is 0 Å². The van der Waals surface area contributed by atoms with Crippen LogP contribution in [-0.2, 0) is 9.53 Å². The van der Waals surface area contributed by atoms with Crippen LogP contribution in [0, 0.1) is 6.92 Å². The number of nitrogens with zero attached hydrogens (tertiary/aromatic N) is 1. The number of carboxylic acid groups (broad SMARTS) is 1. The number of carbonyl (C=O) groups excluding carboxylic acids is 1. The molecule has 1 aliphatic rings. The van der Waals surface area contributed by atoms with E-state index >= 15 is 0 Å². The number of hydrogen-bond acceptors (Lipinski definition) is 3. The number of aryl methyl sites for hydroxylation is 1. The van der Waals surface area contributed by atoms with Crippen LogP contribution in [0.1, 0.15) is 15.9 Å². The zero-order valence-corrected chi connectivity index (χ0v) is 11.2. The Morgan fingerprint density at radius 2 is 2.21 bits per heavy atom. The van der Waals surface area contributed by atoms with Gasteiger partial charge in [0.25, 0.3) is 5.91 Å². The lowest BCUT2D eigenvalue weighted by atomic mass is 10.1. The molecule has 1 atom stereocenters. The molecule has 1 aromatic carbocycles. The molecular weight excluding hydrogens is 270 g/mol. The number of rotatable bonds is 2. The van der Waals surface area contributed by atoms with Gasteiger partial charge in [-0.25, -0.2) is 4.79 Å². The number of benzene rings is 1. The molecule has 1 aliphatic heterocycles. The minimum atomic E-state index is -1.05. The second-order valence-electron chi connectivity index (χ2n) is 4.41. The van der Waals surface area contributed by atoms with Gasteiger partial charge in [0.1, 0.15) is 0 Å². The van der Waals surface area contributed by atoms with Crippen molar-refractivity contribution < 1.29 is 19.4 Å². The first-order valence-corrected chi connectivity index (χ1v) is 6.26. The molecule has 0 aromatic heterocycles. The van der Waals surface area contributed by atoms with Gasteiger partial charge in [0, 0.05) is 17.1 Å². The van der Waals surface area contributed by atoms with Gasteiger partial charge in [0.15, 0.2) is 6.10 Å². The fraction of sp³-hybridized carbons (Fsp3) is 0.385. The molecule has 1 N–H and O–H groups in total. The molecule has 1 aromatic rings. The predicted molar refractivity (Wildman–Crippen MR) is 69.5 cm³/mol. The molecular formula is C13H14ClNO4. The summed E-state index contributed by atoms with van der Waals surface area (Å²) in [6.45, 7) is 2.51. The Bertz CT molecular complexity index is 517. The van der Waals surface area contributed by atoms with E-state index in [1.807, 2.05) is 6.92 Å². The van der Waals surface area contributed by atoms with E-state index in [0.29, 0.717) is 17.1 Å². The van der Waals surface area contributed by atoms with Crippen molar-refractivity contribution in [3.05, 3.63) is 34.3 Å². The van der Waals surface area contributed by atoms with Gasteiger partial charge in [-0.15, -0.1) is 0 Å².